The van der Waals surface area contributed by atoms with Crippen LogP contribution in [0.25, 0.3) is 22.2 Å². The Morgan fingerprint density at radius 3 is 2.68 bits per heavy atom. The van der Waals surface area contributed by atoms with Crippen molar-refractivity contribution in [1.29, 1.82) is 0 Å². The van der Waals surface area contributed by atoms with Crippen molar-refractivity contribution in [2.75, 3.05) is 23.7 Å². The van der Waals surface area contributed by atoms with Gasteiger partial charge >= 0.3 is 0 Å². The largest absolute Gasteiger partial charge is 0.363 e. The fraction of sp³-hybridized carbons (Fsp3) is 0.346. The lowest BCUT2D eigenvalue weighted by molar-refractivity contribution is -0.125. The van der Waals surface area contributed by atoms with Gasteiger partial charge < -0.3 is 20.1 Å². The summed E-state index contributed by atoms with van der Waals surface area (Å²) in [5, 5.41) is 18.3. The van der Waals surface area contributed by atoms with E-state index in [1.165, 1.54) is 6.08 Å². The molecule has 0 unspecified atom stereocenters. The number of rotatable bonds is 6. The summed E-state index contributed by atoms with van der Waals surface area (Å²) in [6.07, 6.45) is 5.45. The Balaban J connectivity index is 1.43. The van der Waals surface area contributed by atoms with E-state index in [-0.39, 0.29) is 23.2 Å². The van der Waals surface area contributed by atoms with Gasteiger partial charge in [0.2, 0.25) is 11.8 Å². The fourth-order valence-corrected chi connectivity index (χ4v) is 4.42. The molecule has 12 nitrogen and oxygen atoms in total. The topological polar surface area (TPSA) is 155 Å². The summed E-state index contributed by atoms with van der Waals surface area (Å²) in [5.74, 6) is 0.744. The van der Waals surface area contributed by atoms with E-state index < -0.39 is 5.91 Å². The summed E-state index contributed by atoms with van der Waals surface area (Å²) < 4.78 is 5.25. The molecular weight excluding hydrogens is 486 g/mol. The van der Waals surface area contributed by atoms with Crippen molar-refractivity contribution in [3.8, 4) is 11.1 Å². The van der Waals surface area contributed by atoms with Gasteiger partial charge in [-0.05, 0) is 48.2 Å². The van der Waals surface area contributed by atoms with Gasteiger partial charge in [0.15, 0.2) is 11.5 Å². The Morgan fingerprint density at radius 2 is 1.95 bits per heavy atom. The van der Waals surface area contributed by atoms with Crippen LogP contribution < -0.4 is 10.6 Å². The molecule has 5 heterocycles. The number of carbonyl (C=O) groups excluding carboxylic acids is 2. The van der Waals surface area contributed by atoms with Crippen molar-refractivity contribution in [2.24, 2.45) is 0 Å². The maximum absolute atomic E-state index is 12.9. The molecule has 5 rings (SSSR count). The van der Waals surface area contributed by atoms with Crippen LogP contribution in [0, 0.1) is 6.92 Å². The first-order valence-corrected chi connectivity index (χ1v) is 12.3. The minimum atomic E-state index is -0.512. The average molecular weight is 516 g/mol. The Hall–Kier alpha value is -4.61. The predicted octanol–water partition coefficient (Wildman–Crippen LogP) is 3.46. The SMILES string of the molecule is C=CC(=O)N1CC[C@@H](Nc2n[nH]c3nccc(-c4ccnc(NC(=O)c5noc(C(C)(C)C)n5)c4C)c23)C1. The third kappa shape index (κ3) is 4.72. The molecule has 0 aliphatic carbocycles. The first-order valence-electron chi connectivity index (χ1n) is 12.3. The Labute approximate surface area is 218 Å². The molecule has 1 fully saturated rings. The summed E-state index contributed by atoms with van der Waals surface area (Å²) in [4.78, 5) is 39.7. The standard InChI is InChI=1S/C26H29N9O3/c1-6-18(36)35-12-9-15(13-35)29-22-19-17(8-11-28-21(19)32-33-22)16-7-10-27-20(14(16)2)30-24(37)23-31-25(38-34-23)26(3,4)5/h6-8,10-11,15H,1,9,12-13H2,2-5H3,(H,27,30,37)(H2,28,29,32,33)/t15-/m1/s1. The fourth-order valence-electron chi connectivity index (χ4n) is 4.42. The molecule has 1 aliphatic heterocycles. The number of pyridine rings is 2. The molecule has 0 aromatic carbocycles. The molecule has 4 aromatic rings. The number of likely N-dealkylation sites (tertiary alicyclic amines) is 1. The highest BCUT2D eigenvalue weighted by Gasteiger charge is 2.27. The van der Waals surface area contributed by atoms with Crippen LogP contribution in [-0.2, 0) is 10.2 Å². The van der Waals surface area contributed by atoms with Crippen LogP contribution >= 0.6 is 0 Å². The highest BCUT2D eigenvalue weighted by molar-refractivity contribution is 6.04. The van der Waals surface area contributed by atoms with Crippen molar-refractivity contribution in [3.05, 3.63) is 54.5 Å². The number of H-pyrrole nitrogens is 1. The second kappa shape index (κ2) is 9.69. The molecule has 4 aromatic heterocycles. The van der Waals surface area contributed by atoms with Gasteiger partial charge in [0.05, 0.1) is 5.39 Å². The van der Waals surface area contributed by atoms with Gasteiger partial charge in [-0.1, -0.05) is 32.5 Å². The quantitative estimate of drug-likeness (QED) is 0.327. The van der Waals surface area contributed by atoms with Crippen LogP contribution in [0.5, 0.6) is 0 Å². The Bertz CT molecular complexity index is 1530. The molecule has 0 saturated carbocycles. The zero-order chi connectivity index (χ0) is 27.0. The molecule has 1 saturated heterocycles. The van der Waals surface area contributed by atoms with Gasteiger partial charge in [-0.15, -0.1) is 0 Å². The zero-order valence-electron chi connectivity index (χ0n) is 21.7. The van der Waals surface area contributed by atoms with E-state index in [9.17, 15) is 9.59 Å². The number of anilines is 2. The predicted molar refractivity (Wildman–Crippen MR) is 142 cm³/mol. The van der Waals surface area contributed by atoms with E-state index in [0.717, 1.165) is 28.5 Å². The summed E-state index contributed by atoms with van der Waals surface area (Å²) in [6.45, 7) is 12.4. The number of carbonyl (C=O) groups is 2. The number of nitrogens with zero attached hydrogens (tertiary/aromatic N) is 6. The van der Waals surface area contributed by atoms with Gasteiger partial charge in [-0.25, -0.2) is 9.97 Å². The number of fused-ring (bicyclic) bond motifs is 1. The smallest absolute Gasteiger partial charge is 0.298 e. The van der Waals surface area contributed by atoms with Crippen molar-refractivity contribution in [2.45, 2.75) is 45.6 Å². The van der Waals surface area contributed by atoms with Crippen molar-refractivity contribution >= 4 is 34.5 Å². The van der Waals surface area contributed by atoms with Crippen LogP contribution in [0.4, 0.5) is 11.6 Å². The third-order valence-electron chi connectivity index (χ3n) is 6.47. The Morgan fingerprint density at radius 1 is 1.18 bits per heavy atom. The van der Waals surface area contributed by atoms with Crippen molar-refractivity contribution in [1.82, 2.24) is 35.2 Å². The third-order valence-corrected chi connectivity index (χ3v) is 6.47. The highest BCUT2D eigenvalue weighted by Crippen LogP contribution is 2.35. The first-order chi connectivity index (χ1) is 18.2. The second-order valence-corrected chi connectivity index (χ2v) is 10.2. The van der Waals surface area contributed by atoms with Crippen LogP contribution in [0.1, 0.15) is 49.3 Å². The van der Waals surface area contributed by atoms with Gasteiger partial charge in [-0.2, -0.15) is 10.1 Å². The Kier molecular flexibility index (Phi) is 6.39. The molecule has 196 valence electrons. The number of hydrogen-bond donors (Lipinski definition) is 3. The summed E-state index contributed by atoms with van der Waals surface area (Å²) in [7, 11) is 0. The maximum atomic E-state index is 12.9. The highest BCUT2D eigenvalue weighted by atomic mass is 16.5. The van der Waals surface area contributed by atoms with E-state index in [4.69, 9.17) is 4.52 Å². The number of hydrogen-bond acceptors (Lipinski definition) is 9. The van der Waals surface area contributed by atoms with Crippen LogP contribution in [0.2, 0.25) is 0 Å². The minimum Gasteiger partial charge on any atom is -0.363 e. The van der Waals surface area contributed by atoms with Crippen molar-refractivity contribution < 1.29 is 14.1 Å². The van der Waals surface area contributed by atoms with Crippen LogP contribution in [0.15, 0.2) is 41.7 Å². The van der Waals surface area contributed by atoms with Crippen molar-refractivity contribution in [3.63, 3.8) is 0 Å². The summed E-state index contributed by atoms with van der Waals surface area (Å²) >= 11 is 0. The molecule has 1 aliphatic rings. The zero-order valence-corrected chi connectivity index (χ0v) is 21.7. The van der Waals surface area contributed by atoms with E-state index in [1.54, 1.807) is 17.3 Å². The van der Waals surface area contributed by atoms with E-state index in [1.807, 2.05) is 39.8 Å². The average Bonchev–Trinajstić information content (AvgIpc) is 3.65. The first kappa shape index (κ1) is 25.1. The molecule has 12 heteroatoms. The van der Waals surface area contributed by atoms with Gasteiger partial charge in [0, 0.05) is 36.9 Å². The normalized spacial score (nSPS) is 15.6. The number of amides is 2. The maximum Gasteiger partial charge on any atom is 0.298 e. The second-order valence-electron chi connectivity index (χ2n) is 10.2. The molecule has 1 atom stereocenters. The molecule has 38 heavy (non-hydrogen) atoms. The molecule has 2 amide bonds. The lowest BCUT2D eigenvalue weighted by atomic mass is 9.97. The number of aromatic amines is 1. The number of nitrogens with one attached hydrogen (secondary N) is 3. The molecule has 3 N–H and O–H groups in total. The monoisotopic (exact) mass is 515 g/mol. The van der Waals surface area contributed by atoms with Crippen LogP contribution in [0.3, 0.4) is 0 Å². The lowest BCUT2D eigenvalue weighted by Crippen LogP contribution is -2.30. The minimum absolute atomic E-state index is 0.0415. The van der Waals surface area contributed by atoms with Gasteiger partial charge in [0.1, 0.15) is 5.82 Å². The van der Waals surface area contributed by atoms with Gasteiger partial charge in [0.25, 0.3) is 11.7 Å². The molecular formula is C26H29N9O3. The lowest BCUT2D eigenvalue weighted by Gasteiger charge is -2.16. The summed E-state index contributed by atoms with van der Waals surface area (Å²) in [6, 6.07) is 3.82. The van der Waals surface area contributed by atoms with E-state index in [0.29, 0.717) is 36.3 Å². The molecule has 0 spiro atoms. The van der Waals surface area contributed by atoms with Gasteiger partial charge in [-0.3, -0.25) is 14.7 Å². The summed E-state index contributed by atoms with van der Waals surface area (Å²) in [5.41, 5.74) is 2.72. The molecule has 0 bridgehead atoms. The number of aromatic nitrogens is 6. The van der Waals surface area contributed by atoms with E-state index >= 15 is 0 Å². The van der Waals surface area contributed by atoms with E-state index in [2.05, 4.69) is 47.5 Å². The van der Waals surface area contributed by atoms with Crippen LogP contribution in [-0.4, -0.2) is 66.2 Å². The molecule has 0 radical (unpaired) electrons.